The number of rotatable bonds is 7. The summed E-state index contributed by atoms with van der Waals surface area (Å²) < 4.78 is 0. The van der Waals surface area contributed by atoms with Crippen molar-refractivity contribution in [1.82, 2.24) is 9.88 Å². The number of aromatic nitrogens is 1. The number of nitrogens with zero attached hydrogens (tertiary/aromatic N) is 2. The third kappa shape index (κ3) is 15.6. The molecule has 0 aliphatic heterocycles. The van der Waals surface area contributed by atoms with E-state index in [4.69, 9.17) is 15.3 Å². The van der Waals surface area contributed by atoms with Crippen LogP contribution >= 0.6 is 0 Å². The van der Waals surface area contributed by atoms with Gasteiger partial charge >= 0.3 is 0 Å². The third-order valence-electron chi connectivity index (χ3n) is 7.88. The van der Waals surface area contributed by atoms with E-state index in [1.807, 2.05) is 24.4 Å². The summed E-state index contributed by atoms with van der Waals surface area (Å²) in [5.74, 6) is 0.212. The van der Waals surface area contributed by atoms with Crippen molar-refractivity contribution in [2.24, 2.45) is 0 Å². The molecule has 0 atom stereocenters. The SMILES string of the molecule is CC(C)(C)c1cc(CN(CCc2ccccn2)Cc2cc(C(C)(C)C)cc(C(C)(C)C)c2[O-])c([O-])c(C(C)(C)C)c1.CO.CO.C[O-].[O-2].[V]. The molecule has 279 valence electrons. The predicted octanol–water partition coefficient (Wildman–Crippen LogP) is 5.74. The average molecular weight is 719 g/mol. The number of aliphatic hydroxyl groups excluding tert-OH is 2. The van der Waals surface area contributed by atoms with Crippen LogP contribution in [-0.4, -0.2) is 48.0 Å². The Balaban J connectivity index is -0.00000250. The fourth-order valence-electron chi connectivity index (χ4n) is 5.11. The minimum absolute atomic E-state index is 0. The molecule has 0 saturated heterocycles. The van der Waals surface area contributed by atoms with E-state index in [0.717, 1.165) is 66.8 Å². The summed E-state index contributed by atoms with van der Waals surface area (Å²) in [6.07, 6.45) is 2.55. The molecule has 49 heavy (non-hydrogen) atoms. The van der Waals surface area contributed by atoms with Crippen LogP contribution in [0.25, 0.3) is 0 Å². The molecule has 0 aliphatic carbocycles. The number of hydrogen-bond acceptors (Lipinski definition) is 7. The van der Waals surface area contributed by atoms with Crippen LogP contribution in [0.2, 0.25) is 0 Å². The quantitative estimate of drug-likeness (QED) is 0.316. The van der Waals surface area contributed by atoms with E-state index >= 15 is 0 Å². The zero-order chi connectivity index (χ0) is 37.0. The van der Waals surface area contributed by atoms with Crippen LogP contribution in [-0.2, 0) is 65.2 Å². The molecule has 0 fully saturated rings. The Morgan fingerprint density at radius 1 is 0.612 bits per heavy atom. The summed E-state index contributed by atoms with van der Waals surface area (Å²) in [5, 5.41) is 50.0. The van der Waals surface area contributed by atoms with Crippen molar-refractivity contribution in [2.45, 2.75) is 124 Å². The fourth-order valence-corrected chi connectivity index (χ4v) is 5.11. The van der Waals surface area contributed by atoms with Gasteiger partial charge in [-0.25, -0.2) is 0 Å². The summed E-state index contributed by atoms with van der Waals surface area (Å²) in [7, 11) is 2.75. The van der Waals surface area contributed by atoms with Gasteiger partial charge in [-0.05, 0) is 67.2 Å². The Hall–Kier alpha value is -2.43. The van der Waals surface area contributed by atoms with Crippen molar-refractivity contribution < 1.29 is 49.6 Å². The molecule has 1 heterocycles. The molecule has 2 N–H and O–H groups in total. The molecular formula is C40H63N2O6V-5. The van der Waals surface area contributed by atoms with Crippen LogP contribution in [0, 0.1) is 0 Å². The van der Waals surface area contributed by atoms with E-state index in [0.29, 0.717) is 19.6 Å². The molecular weight excluding hydrogens is 655 g/mol. The maximum absolute atomic E-state index is 13.9. The zero-order valence-electron chi connectivity index (χ0n) is 32.8. The molecule has 1 radical (unpaired) electrons. The topological polar surface area (TPSA) is 154 Å². The van der Waals surface area contributed by atoms with E-state index in [-0.39, 0.29) is 57.2 Å². The number of pyridine rings is 1. The van der Waals surface area contributed by atoms with Crippen molar-refractivity contribution in [1.29, 1.82) is 0 Å². The van der Waals surface area contributed by atoms with Crippen molar-refractivity contribution in [3.8, 4) is 11.5 Å². The molecule has 3 aromatic rings. The van der Waals surface area contributed by atoms with Gasteiger partial charge in [0.05, 0.1) is 0 Å². The van der Waals surface area contributed by atoms with E-state index < -0.39 is 0 Å². The number of benzene rings is 2. The van der Waals surface area contributed by atoms with Crippen molar-refractivity contribution in [3.05, 3.63) is 87.7 Å². The van der Waals surface area contributed by atoms with Gasteiger partial charge in [0, 0.05) is 70.7 Å². The molecule has 0 spiro atoms. The molecule has 8 nitrogen and oxygen atoms in total. The van der Waals surface area contributed by atoms with Crippen molar-refractivity contribution >= 4 is 0 Å². The second-order valence-corrected chi connectivity index (χ2v) is 15.8. The van der Waals surface area contributed by atoms with E-state index in [9.17, 15) is 10.2 Å². The Morgan fingerprint density at radius 2 is 0.980 bits per heavy atom. The predicted molar refractivity (Wildman–Crippen MR) is 192 cm³/mol. The van der Waals surface area contributed by atoms with E-state index in [1.54, 1.807) is 0 Å². The Bertz CT molecular complexity index is 1270. The van der Waals surface area contributed by atoms with Crippen LogP contribution in [0.1, 0.15) is 122 Å². The first-order chi connectivity index (χ1) is 21.7. The van der Waals surface area contributed by atoms with Gasteiger partial charge in [0.15, 0.2) is 0 Å². The van der Waals surface area contributed by atoms with Gasteiger partial charge in [-0.2, -0.15) is 7.11 Å². The maximum Gasteiger partial charge on any atom is 0.0416 e. The fraction of sp³-hybridized carbons (Fsp3) is 0.575. The van der Waals surface area contributed by atoms with E-state index in [1.165, 1.54) is 0 Å². The standard InChI is InChI=1S/C37H54N2O2.2CH4O.CH3O.O.V/c1-34(2,3)27-19-25(32(40)30(21-27)36(7,8)9)23-39(18-16-29-15-13-14-17-38-29)24-26-20-28(35(4,5)6)22-31(33(26)41)37(10,11)12;3*1-2;;/h13-15,17,19-22,40-41H,16,18,23-24H2,1-12H3;2*2H,1H3;1H3;;/q;;;-1;-2;/p-2. The van der Waals surface area contributed by atoms with Crippen molar-refractivity contribution in [2.75, 3.05) is 27.9 Å². The van der Waals surface area contributed by atoms with Gasteiger partial charge < -0.3 is 31.0 Å². The smallest absolute Gasteiger partial charge is 0.0416 e. The first-order valence-corrected chi connectivity index (χ1v) is 16.3. The van der Waals surface area contributed by atoms with Crippen LogP contribution in [0.4, 0.5) is 0 Å². The minimum atomic E-state index is -0.267. The number of aliphatic hydroxyl groups is 2. The van der Waals surface area contributed by atoms with Crippen molar-refractivity contribution in [3.63, 3.8) is 0 Å². The maximum atomic E-state index is 13.9. The first kappa shape index (κ1) is 50.9. The number of hydrogen-bond donors (Lipinski definition) is 2. The molecule has 0 amide bonds. The summed E-state index contributed by atoms with van der Waals surface area (Å²) in [6, 6.07) is 14.3. The Labute approximate surface area is 309 Å². The zero-order valence-corrected chi connectivity index (χ0v) is 34.2. The average Bonchev–Trinajstić information content (AvgIpc) is 2.99. The van der Waals surface area contributed by atoms with Gasteiger partial charge in [0.2, 0.25) is 0 Å². The van der Waals surface area contributed by atoms with Gasteiger partial charge in [-0.15, -0.1) is 11.5 Å². The van der Waals surface area contributed by atoms with Crippen LogP contribution in [0.5, 0.6) is 11.5 Å². The molecule has 0 aliphatic rings. The summed E-state index contributed by atoms with van der Waals surface area (Å²) in [6.45, 7) is 27.4. The summed E-state index contributed by atoms with van der Waals surface area (Å²) in [5.41, 5.74) is 5.88. The summed E-state index contributed by atoms with van der Waals surface area (Å²) in [4.78, 5) is 6.80. The van der Waals surface area contributed by atoms with Gasteiger partial charge in [0.25, 0.3) is 0 Å². The normalized spacial score (nSPS) is 11.4. The second-order valence-electron chi connectivity index (χ2n) is 15.8. The van der Waals surface area contributed by atoms with Gasteiger partial charge in [-0.1, -0.05) is 113 Å². The molecule has 9 heteroatoms. The molecule has 2 aromatic carbocycles. The molecule has 0 bridgehead atoms. The summed E-state index contributed by atoms with van der Waals surface area (Å²) >= 11 is 0. The second kappa shape index (κ2) is 21.7. The molecule has 1 aromatic heterocycles. The third-order valence-corrected chi connectivity index (χ3v) is 7.88. The van der Waals surface area contributed by atoms with E-state index in [2.05, 4.69) is 117 Å². The molecule has 0 saturated carbocycles. The Morgan fingerprint density at radius 3 is 1.27 bits per heavy atom. The molecule has 0 unspecified atom stereocenters. The minimum Gasteiger partial charge on any atom is -2.00 e. The monoisotopic (exact) mass is 718 g/mol. The van der Waals surface area contributed by atoms with Crippen LogP contribution in [0.15, 0.2) is 48.7 Å². The van der Waals surface area contributed by atoms with Gasteiger partial charge in [-0.3, -0.25) is 9.88 Å². The van der Waals surface area contributed by atoms with Crippen LogP contribution < -0.4 is 15.3 Å². The van der Waals surface area contributed by atoms with Gasteiger partial charge in [0.1, 0.15) is 0 Å². The van der Waals surface area contributed by atoms with Crippen LogP contribution in [0.3, 0.4) is 0 Å². The Kier molecular flexibility index (Phi) is 22.6. The largest absolute Gasteiger partial charge is 2.00 e. The molecule has 3 rings (SSSR count). The first-order valence-electron chi connectivity index (χ1n) is 16.3.